The van der Waals surface area contributed by atoms with Crippen molar-refractivity contribution in [1.29, 1.82) is 0 Å². The number of alkyl carbamates (subject to hydrolysis) is 2. The number of hydrogen-bond donors (Lipinski definition) is 4. The Morgan fingerprint density at radius 2 is 1.13 bits per heavy atom. The number of hydrogen-bond acceptors (Lipinski definition) is 9. The highest BCUT2D eigenvalue weighted by Gasteiger charge is 2.38. The van der Waals surface area contributed by atoms with Gasteiger partial charge in [-0.2, -0.15) is 0 Å². The van der Waals surface area contributed by atoms with Gasteiger partial charge in [0.05, 0.1) is 55.8 Å². The van der Waals surface area contributed by atoms with Crippen molar-refractivity contribution in [2.24, 2.45) is 0 Å². The molecule has 15 heteroatoms. The predicted molar refractivity (Wildman–Crippen MR) is 226 cm³/mol. The molecule has 3 aromatic heterocycles. The maximum Gasteiger partial charge on any atom is 0.407 e. The van der Waals surface area contributed by atoms with Crippen molar-refractivity contribution < 1.29 is 28.7 Å². The Morgan fingerprint density at radius 1 is 0.639 bits per heavy atom. The van der Waals surface area contributed by atoms with E-state index in [2.05, 4.69) is 31.7 Å². The van der Waals surface area contributed by atoms with Crippen LogP contribution in [-0.2, 0) is 19.1 Å². The third kappa shape index (κ3) is 8.58. The number of likely N-dealkylation sites (tertiary alicyclic amines) is 2. The Bertz CT molecular complexity index is 2510. The van der Waals surface area contributed by atoms with Gasteiger partial charge in [-0.3, -0.25) is 14.6 Å². The lowest BCUT2D eigenvalue weighted by molar-refractivity contribution is -0.135. The fourth-order valence-electron chi connectivity index (χ4n) is 8.32. The van der Waals surface area contributed by atoms with E-state index in [-0.39, 0.29) is 23.9 Å². The zero-order valence-electron chi connectivity index (χ0n) is 34.1. The summed E-state index contributed by atoms with van der Waals surface area (Å²) in [7, 11) is 2.55. The van der Waals surface area contributed by atoms with Gasteiger partial charge < -0.3 is 39.9 Å². The molecule has 0 saturated carbocycles. The van der Waals surface area contributed by atoms with Gasteiger partial charge in [0.25, 0.3) is 11.8 Å². The molecule has 2 aliphatic rings. The maximum absolute atomic E-state index is 13.9. The van der Waals surface area contributed by atoms with Crippen LogP contribution in [0.25, 0.3) is 33.8 Å². The Kier molecular flexibility index (Phi) is 11.9. The number of ether oxygens (including phenoxy) is 2. The van der Waals surface area contributed by atoms with E-state index in [0.717, 1.165) is 65.0 Å². The van der Waals surface area contributed by atoms with Crippen molar-refractivity contribution >= 4 is 24.0 Å². The molecular formula is C46H47N9O6. The lowest BCUT2D eigenvalue weighted by Crippen LogP contribution is -2.42. The first kappa shape index (κ1) is 40.5. The van der Waals surface area contributed by atoms with Crippen molar-refractivity contribution in [3.8, 4) is 33.8 Å². The summed E-state index contributed by atoms with van der Waals surface area (Å²) in [5, 5.41) is 5.42. The Balaban J connectivity index is 0.946. The Morgan fingerprint density at radius 3 is 1.59 bits per heavy atom. The van der Waals surface area contributed by atoms with Crippen LogP contribution in [0, 0.1) is 6.92 Å². The third-order valence-electron chi connectivity index (χ3n) is 11.4. The van der Waals surface area contributed by atoms with Gasteiger partial charge in [-0.1, -0.05) is 72.8 Å². The molecule has 2 saturated heterocycles. The number of methoxy groups -OCH3 is 2. The second kappa shape index (κ2) is 17.9. The highest BCUT2D eigenvalue weighted by atomic mass is 16.5. The lowest BCUT2D eigenvalue weighted by Gasteiger charge is -2.28. The molecule has 2 aliphatic heterocycles. The molecule has 0 radical (unpaired) electrons. The van der Waals surface area contributed by atoms with E-state index in [1.54, 1.807) is 22.2 Å². The average molecular weight is 822 g/mol. The fourth-order valence-corrected chi connectivity index (χ4v) is 8.32. The largest absolute Gasteiger partial charge is 0.453 e. The van der Waals surface area contributed by atoms with E-state index in [9.17, 15) is 19.2 Å². The molecule has 4 amide bonds. The van der Waals surface area contributed by atoms with Gasteiger partial charge in [0, 0.05) is 30.4 Å². The third-order valence-corrected chi connectivity index (χ3v) is 11.4. The fraction of sp³-hybridized carbons (Fsp3) is 0.283. The molecule has 312 valence electrons. The van der Waals surface area contributed by atoms with Gasteiger partial charge in [0.1, 0.15) is 23.7 Å². The van der Waals surface area contributed by atoms with Crippen LogP contribution in [0.5, 0.6) is 0 Å². The number of amides is 4. The molecular weight excluding hydrogens is 775 g/mol. The van der Waals surface area contributed by atoms with E-state index in [1.165, 1.54) is 14.2 Å². The summed E-state index contributed by atoms with van der Waals surface area (Å²) < 4.78 is 9.66. The second-order valence-corrected chi connectivity index (χ2v) is 15.2. The van der Waals surface area contributed by atoms with Gasteiger partial charge in [0.2, 0.25) is 0 Å². The van der Waals surface area contributed by atoms with Crippen LogP contribution in [-0.4, -0.2) is 86.0 Å². The smallest absolute Gasteiger partial charge is 0.407 e. The van der Waals surface area contributed by atoms with Crippen LogP contribution in [0.3, 0.4) is 0 Å². The number of aryl methyl sites for hydroxylation is 1. The topological polar surface area (TPSA) is 188 Å². The van der Waals surface area contributed by atoms with Crippen LogP contribution < -0.4 is 10.6 Å². The number of pyridine rings is 1. The van der Waals surface area contributed by atoms with Gasteiger partial charge in [-0.25, -0.2) is 19.6 Å². The number of aromatic amines is 2. The maximum atomic E-state index is 13.9. The quantitative estimate of drug-likeness (QED) is 0.104. The molecule has 6 aromatic rings. The van der Waals surface area contributed by atoms with Crippen molar-refractivity contribution in [2.45, 2.75) is 56.8 Å². The predicted octanol–water partition coefficient (Wildman–Crippen LogP) is 7.36. The summed E-state index contributed by atoms with van der Waals surface area (Å²) in [5.74, 6) is 0.904. The highest BCUT2D eigenvalue weighted by molar-refractivity contribution is 5.88. The molecule has 15 nitrogen and oxygen atoms in total. The summed E-state index contributed by atoms with van der Waals surface area (Å²) in [6.07, 6.45) is 7.08. The Hall–Kier alpha value is -7.29. The first-order chi connectivity index (χ1) is 29.7. The average Bonchev–Trinajstić information content (AvgIpc) is 4.15. The molecule has 0 aliphatic carbocycles. The molecule has 3 aromatic carbocycles. The molecule has 0 bridgehead atoms. The van der Waals surface area contributed by atoms with Crippen LogP contribution in [0.4, 0.5) is 9.59 Å². The summed E-state index contributed by atoms with van der Waals surface area (Å²) in [4.78, 5) is 77.0. The van der Waals surface area contributed by atoms with Crippen LogP contribution in [0.2, 0.25) is 0 Å². The highest BCUT2D eigenvalue weighted by Crippen LogP contribution is 2.36. The van der Waals surface area contributed by atoms with Crippen molar-refractivity contribution in [2.75, 3.05) is 27.3 Å². The summed E-state index contributed by atoms with van der Waals surface area (Å²) in [6, 6.07) is 26.1. The van der Waals surface area contributed by atoms with Gasteiger partial charge in [-0.15, -0.1) is 0 Å². The molecule has 61 heavy (non-hydrogen) atoms. The number of rotatable bonds is 11. The number of imidazole rings is 2. The number of nitrogens with zero attached hydrogens (tertiary/aromatic N) is 5. The first-order valence-electron chi connectivity index (χ1n) is 20.3. The molecule has 4 N–H and O–H groups in total. The number of aromatic nitrogens is 5. The number of benzene rings is 3. The van der Waals surface area contributed by atoms with E-state index in [0.29, 0.717) is 35.9 Å². The monoisotopic (exact) mass is 821 g/mol. The normalized spacial score (nSPS) is 17.1. The molecule has 5 heterocycles. The van der Waals surface area contributed by atoms with Gasteiger partial charge in [-0.05, 0) is 73.1 Å². The minimum atomic E-state index is -0.895. The van der Waals surface area contributed by atoms with E-state index in [4.69, 9.17) is 19.4 Å². The number of H-pyrrole nitrogens is 2. The zero-order valence-corrected chi connectivity index (χ0v) is 34.1. The first-order valence-corrected chi connectivity index (χ1v) is 20.3. The van der Waals surface area contributed by atoms with Gasteiger partial charge >= 0.3 is 12.2 Å². The number of carbonyl (C=O) groups excluding carboxylic acids is 4. The van der Waals surface area contributed by atoms with Crippen LogP contribution in [0.1, 0.15) is 78.2 Å². The lowest BCUT2D eigenvalue weighted by atomic mass is 10.0. The van der Waals surface area contributed by atoms with Crippen molar-refractivity contribution in [3.63, 3.8) is 0 Å². The molecule has 4 atom stereocenters. The van der Waals surface area contributed by atoms with Crippen LogP contribution in [0.15, 0.2) is 110 Å². The molecule has 2 fully saturated rings. The van der Waals surface area contributed by atoms with Gasteiger partial charge in [0.15, 0.2) is 0 Å². The molecule has 8 rings (SSSR count). The standard InChI is InChI=1S/C46H47N9O6/c1-28-24-31(35-26-48-41(50-35)37-16-10-22-54(37)43(56)39(52-45(58)60-2)29-12-6-4-7-13-29)18-20-33(28)34-21-19-32(25-47-34)36-27-49-42(51-36)38-17-11-23-55(38)44(57)40(53-46(59)61-3)30-14-8-5-9-15-30/h4-9,12-15,18-21,24-27,37-40H,10-11,16-17,22-23H2,1-3H3,(H,48,50)(H,49,51)(H,52,58)(H,53,59)/t37-,38-,39+,40-/m0/s1. The van der Waals surface area contributed by atoms with E-state index >= 15 is 0 Å². The number of nitrogens with one attached hydrogen (secondary N) is 4. The summed E-state index contributed by atoms with van der Waals surface area (Å²) in [6.45, 7) is 3.12. The van der Waals surface area contributed by atoms with Crippen molar-refractivity contribution in [3.05, 3.63) is 138 Å². The Labute approximate surface area is 352 Å². The minimum Gasteiger partial charge on any atom is -0.453 e. The van der Waals surface area contributed by atoms with Crippen molar-refractivity contribution in [1.82, 2.24) is 45.4 Å². The second-order valence-electron chi connectivity index (χ2n) is 15.2. The molecule has 0 spiro atoms. The minimum absolute atomic E-state index is 0.222. The molecule has 0 unspecified atom stereocenters. The van der Waals surface area contributed by atoms with E-state index in [1.807, 2.05) is 98.0 Å². The SMILES string of the molecule is COC(=O)N[C@H](C(=O)N1CCC[C@H]1c1ncc(-c2ccc(-c3ccc(-c4cnc([C@@H]5CCCN5C(=O)[C@H](NC(=O)OC)c5ccccc5)[nH]4)cc3C)nc2)[nH]1)c1ccccc1. The summed E-state index contributed by atoms with van der Waals surface area (Å²) >= 11 is 0. The van der Waals surface area contributed by atoms with E-state index < -0.39 is 24.3 Å². The number of carbonyl (C=O) groups is 4. The zero-order chi connectivity index (χ0) is 42.5. The van der Waals surface area contributed by atoms with Crippen LogP contribution >= 0.6 is 0 Å². The summed E-state index contributed by atoms with van der Waals surface area (Å²) in [5.41, 5.74) is 7.55.